The van der Waals surface area contributed by atoms with Gasteiger partial charge in [-0.3, -0.25) is 9.59 Å². The third kappa shape index (κ3) is 6.67. The molecule has 0 amide bonds. The van der Waals surface area contributed by atoms with Crippen molar-refractivity contribution in [3.05, 3.63) is 33.8 Å². The molecule has 4 unspecified atom stereocenters. The molecule has 2 rings (SSSR count). The molecule has 0 spiro atoms. The second-order valence-electron chi connectivity index (χ2n) is 7.66. The van der Waals surface area contributed by atoms with Crippen molar-refractivity contribution in [2.75, 3.05) is 0 Å². The molecule has 0 aromatic carbocycles. The van der Waals surface area contributed by atoms with Crippen LogP contribution in [-0.4, -0.2) is 34.1 Å². The molecule has 5 nitrogen and oxygen atoms in total. The highest BCUT2D eigenvalue weighted by Gasteiger charge is 2.29. The largest absolute Gasteiger partial charge is 0.457 e. The van der Waals surface area contributed by atoms with E-state index >= 15 is 0 Å². The lowest BCUT2D eigenvalue weighted by molar-refractivity contribution is -0.150. The highest BCUT2D eigenvalue weighted by atomic mass is 32.1. The predicted octanol–water partition coefficient (Wildman–Crippen LogP) is 4.49. The van der Waals surface area contributed by atoms with Gasteiger partial charge in [0, 0.05) is 23.6 Å². The molecule has 1 aliphatic rings. The number of hydrogen-bond donors (Lipinski definition) is 1. The van der Waals surface area contributed by atoms with Crippen molar-refractivity contribution in [2.24, 2.45) is 11.8 Å². The van der Waals surface area contributed by atoms with Gasteiger partial charge in [-0.2, -0.15) is 0 Å². The van der Waals surface area contributed by atoms with Crippen LogP contribution in [0.2, 0.25) is 0 Å². The number of esters is 1. The van der Waals surface area contributed by atoms with Gasteiger partial charge in [0.2, 0.25) is 0 Å². The highest BCUT2D eigenvalue weighted by molar-refractivity contribution is 7.09. The summed E-state index contributed by atoms with van der Waals surface area (Å²) in [5, 5.41) is 13.3. The van der Waals surface area contributed by atoms with Gasteiger partial charge < -0.3 is 9.84 Å². The number of ether oxygens (including phenoxy) is 1. The van der Waals surface area contributed by atoms with Crippen LogP contribution in [0.25, 0.3) is 6.08 Å². The molecule has 154 valence electrons. The number of nitrogens with zero attached hydrogens (tertiary/aromatic N) is 1. The first kappa shape index (κ1) is 22.5. The summed E-state index contributed by atoms with van der Waals surface area (Å²) in [5.74, 6) is -1.17. The number of hydrogen-bond acceptors (Lipinski definition) is 6. The second-order valence-corrected chi connectivity index (χ2v) is 8.72. The topological polar surface area (TPSA) is 76.5 Å². The van der Waals surface area contributed by atoms with Crippen molar-refractivity contribution in [2.45, 2.75) is 72.0 Å². The van der Waals surface area contributed by atoms with Gasteiger partial charge in [-0.1, -0.05) is 26.0 Å². The molecule has 1 N–H and O–H groups in total. The number of thiazole rings is 1. The molecule has 0 fully saturated rings. The zero-order chi connectivity index (χ0) is 20.7. The number of carbonyl (C=O) groups excluding carboxylic acids is 2. The molecule has 0 radical (unpaired) electrons. The summed E-state index contributed by atoms with van der Waals surface area (Å²) in [6.45, 7) is 7.46. The molecular weight excluding hydrogens is 374 g/mol. The molecule has 0 saturated heterocycles. The molecular formula is C22H31NO4S. The smallest absolute Gasteiger partial charge is 0.309 e. The molecule has 2 heterocycles. The van der Waals surface area contributed by atoms with Crippen LogP contribution in [0, 0.1) is 18.8 Å². The fraction of sp³-hybridized carbons (Fsp3) is 0.591. The van der Waals surface area contributed by atoms with E-state index in [4.69, 9.17) is 4.74 Å². The lowest BCUT2D eigenvalue weighted by Crippen LogP contribution is -2.33. The number of Topliss-reactive ketones (excluding diaryl/α,β-unsaturated/α-hetero) is 1. The Balaban J connectivity index is 2.17. The molecule has 0 aliphatic carbocycles. The zero-order valence-corrected chi connectivity index (χ0v) is 18.0. The summed E-state index contributed by atoms with van der Waals surface area (Å²) in [5.41, 5.74) is 1.76. The summed E-state index contributed by atoms with van der Waals surface area (Å²) in [7, 11) is 0. The lowest BCUT2D eigenvalue weighted by atomic mass is 9.87. The fourth-order valence-electron chi connectivity index (χ4n) is 3.31. The Morgan fingerprint density at radius 2 is 2.07 bits per heavy atom. The van der Waals surface area contributed by atoms with E-state index in [1.807, 2.05) is 38.3 Å². The fourth-order valence-corrected chi connectivity index (χ4v) is 3.88. The molecule has 6 heteroatoms. The van der Waals surface area contributed by atoms with E-state index in [0.717, 1.165) is 35.5 Å². The second kappa shape index (κ2) is 10.7. The molecule has 1 aliphatic heterocycles. The Morgan fingerprint density at radius 1 is 1.32 bits per heavy atom. The van der Waals surface area contributed by atoms with E-state index in [2.05, 4.69) is 11.1 Å². The summed E-state index contributed by atoms with van der Waals surface area (Å²) >= 11 is 1.57. The maximum atomic E-state index is 12.5. The number of aryl methyl sites for hydroxylation is 1. The number of rotatable bonds is 2. The minimum atomic E-state index is -1.02. The van der Waals surface area contributed by atoms with Crippen molar-refractivity contribution in [3.63, 3.8) is 0 Å². The molecule has 0 saturated carbocycles. The van der Waals surface area contributed by atoms with Crippen LogP contribution in [-0.2, 0) is 14.3 Å². The first-order valence-corrected chi connectivity index (χ1v) is 10.8. The van der Waals surface area contributed by atoms with E-state index < -0.39 is 24.1 Å². The van der Waals surface area contributed by atoms with E-state index in [-0.39, 0.29) is 18.1 Å². The highest BCUT2D eigenvalue weighted by Crippen LogP contribution is 2.22. The average molecular weight is 406 g/mol. The normalized spacial score (nSPS) is 28.7. The van der Waals surface area contributed by atoms with Gasteiger partial charge >= 0.3 is 5.97 Å². The van der Waals surface area contributed by atoms with Gasteiger partial charge in [-0.15, -0.1) is 11.3 Å². The Bertz CT molecular complexity index is 737. The van der Waals surface area contributed by atoms with Crippen LogP contribution in [0.15, 0.2) is 23.1 Å². The maximum absolute atomic E-state index is 12.5. The van der Waals surface area contributed by atoms with Gasteiger partial charge in [0.15, 0.2) is 0 Å². The summed E-state index contributed by atoms with van der Waals surface area (Å²) in [6.07, 6.45) is 7.60. The van der Waals surface area contributed by atoms with Gasteiger partial charge in [0.05, 0.1) is 23.2 Å². The summed E-state index contributed by atoms with van der Waals surface area (Å²) in [4.78, 5) is 29.3. The SMILES string of the molecule is CC(=Cc1csc(C)n1)C1CC=CCCCC(C)C(=O)C(C)C(O)CC(=O)O1. The third-order valence-electron chi connectivity index (χ3n) is 5.21. The van der Waals surface area contributed by atoms with Crippen LogP contribution in [0.1, 0.15) is 63.6 Å². The van der Waals surface area contributed by atoms with Crippen LogP contribution in [0.5, 0.6) is 0 Å². The average Bonchev–Trinajstić information content (AvgIpc) is 3.05. The first-order chi connectivity index (χ1) is 13.3. The molecule has 0 bridgehead atoms. The maximum Gasteiger partial charge on any atom is 0.309 e. The van der Waals surface area contributed by atoms with E-state index in [0.29, 0.717) is 6.42 Å². The van der Waals surface area contributed by atoms with Crippen molar-refractivity contribution in [1.29, 1.82) is 0 Å². The number of carbonyl (C=O) groups is 2. The van der Waals surface area contributed by atoms with Crippen LogP contribution in [0.4, 0.5) is 0 Å². The van der Waals surface area contributed by atoms with E-state index in [9.17, 15) is 14.7 Å². The Labute approximate surface area is 171 Å². The van der Waals surface area contributed by atoms with Crippen LogP contribution < -0.4 is 0 Å². The molecule has 28 heavy (non-hydrogen) atoms. The van der Waals surface area contributed by atoms with Crippen LogP contribution >= 0.6 is 11.3 Å². The molecule has 1 aromatic rings. The monoisotopic (exact) mass is 405 g/mol. The van der Waals surface area contributed by atoms with Gasteiger partial charge in [0.25, 0.3) is 0 Å². The van der Waals surface area contributed by atoms with Crippen LogP contribution in [0.3, 0.4) is 0 Å². The zero-order valence-electron chi connectivity index (χ0n) is 17.2. The van der Waals surface area contributed by atoms with E-state index in [1.165, 1.54) is 0 Å². The number of aliphatic hydroxyl groups is 1. The van der Waals surface area contributed by atoms with Gasteiger partial charge in [-0.25, -0.2) is 4.98 Å². The third-order valence-corrected chi connectivity index (χ3v) is 6.00. The Kier molecular flexibility index (Phi) is 8.58. The summed E-state index contributed by atoms with van der Waals surface area (Å²) in [6, 6.07) is 0. The Hall–Kier alpha value is -1.79. The van der Waals surface area contributed by atoms with Crippen molar-refractivity contribution >= 4 is 29.2 Å². The first-order valence-electron chi connectivity index (χ1n) is 9.94. The molecule has 1 aromatic heterocycles. The Morgan fingerprint density at radius 3 is 2.75 bits per heavy atom. The number of allylic oxidation sites excluding steroid dienone is 1. The van der Waals surface area contributed by atoms with Gasteiger partial charge in [0.1, 0.15) is 11.9 Å². The van der Waals surface area contributed by atoms with E-state index in [1.54, 1.807) is 18.3 Å². The number of cyclic esters (lactones) is 1. The standard InChI is InChI=1S/C22H31NO4S/c1-14-9-7-5-6-8-10-20(15(2)11-18-13-28-17(4)23-18)27-21(25)12-19(24)16(3)22(14)26/h6,8,11,13-14,16,19-20,24H,5,7,9-10,12H2,1-4H3. The van der Waals surface area contributed by atoms with Gasteiger partial charge in [-0.05, 0) is 44.8 Å². The minimum absolute atomic E-state index is 0.00728. The predicted molar refractivity (Wildman–Crippen MR) is 112 cm³/mol. The van der Waals surface area contributed by atoms with Crippen molar-refractivity contribution in [1.82, 2.24) is 4.98 Å². The van der Waals surface area contributed by atoms with Crippen molar-refractivity contribution in [3.8, 4) is 0 Å². The number of aliphatic hydroxyl groups excluding tert-OH is 1. The quantitative estimate of drug-likeness (QED) is 0.579. The van der Waals surface area contributed by atoms with Crippen molar-refractivity contribution < 1.29 is 19.4 Å². The summed E-state index contributed by atoms with van der Waals surface area (Å²) < 4.78 is 5.66. The lowest BCUT2D eigenvalue weighted by Gasteiger charge is -2.23. The molecule has 4 atom stereocenters. The number of aromatic nitrogens is 1. The minimum Gasteiger partial charge on any atom is -0.457 e. The number of ketones is 1.